The predicted molar refractivity (Wildman–Crippen MR) is 101 cm³/mol. The zero-order valence-electron chi connectivity index (χ0n) is 14.5. The maximum atomic E-state index is 11.5. The summed E-state index contributed by atoms with van der Waals surface area (Å²) < 4.78 is 5.26. The summed E-state index contributed by atoms with van der Waals surface area (Å²) in [6.07, 6.45) is 0.741. The number of benzene rings is 2. The van der Waals surface area contributed by atoms with Gasteiger partial charge in [-0.25, -0.2) is 10.4 Å². The van der Waals surface area contributed by atoms with Crippen LogP contribution >= 0.6 is 0 Å². The first-order valence-corrected chi connectivity index (χ1v) is 8.08. The molecule has 0 atom stereocenters. The molecule has 2 aromatic carbocycles. The number of rotatable bonds is 5. The van der Waals surface area contributed by atoms with E-state index in [0.717, 1.165) is 34.2 Å². The fraction of sp³-hybridized carbons (Fsp3) is 0.211. The number of fused-ring (bicyclic) bond motifs is 1. The number of hydrazone groups is 1. The van der Waals surface area contributed by atoms with Crippen molar-refractivity contribution < 1.29 is 4.74 Å². The lowest BCUT2D eigenvalue weighted by Gasteiger charge is -2.08. The van der Waals surface area contributed by atoms with E-state index in [0.29, 0.717) is 11.6 Å². The second-order valence-corrected chi connectivity index (χ2v) is 5.69. The number of nitrogens with zero attached hydrogens (tertiary/aromatic N) is 2. The summed E-state index contributed by atoms with van der Waals surface area (Å²) >= 11 is 0. The van der Waals surface area contributed by atoms with Crippen LogP contribution in [0.15, 0.2) is 52.4 Å². The molecule has 0 saturated heterocycles. The van der Waals surface area contributed by atoms with Crippen LogP contribution < -0.4 is 15.7 Å². The summed E-state index contributed by atoms with van der Waals surface area (Å²) in [5.74, 6) is 1.17. The third kappa shape index (κ3) is 3.85. The molecular weight excluding hydrogens is 316 g/mol. The molecule has 0 amide bonds. The number of hydrogen-bond donors (Lipinski definition) is 2. The molecule has 3 rings (SSSR count). The van der Waals surface area contributed by atoms with Gasteiger partial charge in [0.2, 0.25) is 5.95 Å². The Balaban J connectivity index is 1.91. The second-order valence-electron chi connectivity index (χ2n) is 5.69. The minimum atomic E-state index is -0.206. The lowest BCUT2D eigenvalue weighted by Crippen LogP contribution is -2.12. The van der Waals surface area contributed by atoms with E-state index >= 15 is 0 Å². The van der Waals surface area contributed by atoms with Gasteiger partial charge in [-0.15, -0.1) is 0 Å². The lowest BCUT2D eigenvalue weighted by molar-refractivity contribution is 0.415. The summed E-state index contributed by atoms with van der Waals surface area (Å²) in [5, 5.41) is 6.63. The summed E-state index contributed by atoms with van der Waals surface area (Å²) in [6.45, 7) is 3.80. The molecule has 0 fully saturated rings. The van der Waals surface area contributed by atoms with Crippen molar-refractivity contribution in [3.8, 4) is 5.75 Å². The van der Waals surface area contributed by atoms with Gasteiger partial charge >= 0.3 is 0 Å². The molecular formula is C19H20N4O2. The summed E-state index contributed by atoms with van der Waals surface area (Å²) in [6, 6.07) is 13.6. The number of methoxy groups -OCH3 is 1. The van der Waals surface area contributed by atoms with Crippen LogP contribution in [0.5, 0.6) is 5.75 Å². The predicted octanol–water partition coefficient (Wildman–Crippen LogP) is 3.47. The first-order chi connectivity index (χ1) is 12.1. The van der Waals surface area contributed by atoms with Crippen LogP contribution in [0.2, 0.25) is 0 Å². The highest BCUT2D eigenvalue weighted by Gasteiger charge is 2.05. The molecule has 0 bridgehead atoms. The Morgan fingerprint density at radius 1 is 1.20 bits per heavy atom. The van der Waals surface area contributed by atoms with E-state index in [4.69, 9.17) is 4.74 Å². The second kappa shape index (κ2) is 7.17. The average molecular weight is 336 g/mol. The normalized spacial score (nSPS) is 11.6. The van der Waals surface area contributed by atoms with E-state index < -0.39 is 0 Å². The Morgan fingerprint density at radius 2 is 1.96 bits per heavy atom. The SMILES string of the molecule is CC/C(=N/Nc1nc(C)cc(=O)[nH]1)c1ccc2cc(OC)ccc2c1. The maximum Gasteiger partial charge on any atom is 0.252 e. The Kier molecular flexibility index (Phi) is 4.79. The van der Waals surface area contributed by atoms with E-state index in [2.05, 4.69) is 26.6 Å². The van der Waals surface area contributed by atoms with Gasteiger partial charge in [0.05, 0.1) is 12.8 Å². The fourth-order valence-corrected chi connectivity index (χ4v) is 2.63. The number of aromatic nitrogens is 2. The molecule has 128 valence electrons. The van der Waals surface area contributed by atoms with Gasteiger partial charge in [-0.2, -0.15) is 5.10 Å². The molecule has 25 heavy (non-hydrogen) atoms. The minimum absolute atomic E-state index is 0.206. The molecule has 0 aliphatic rings. The van der Waals surface area contributed by atoms with Gasteiger partial charge < -0.3 is 4.74 Å². The fourth-order valence-electron chi connectivity index (χ4n) is 2.63. The minimum Gasteiger partial charge on any atom is -0.497 e. The number of aromatic amines is 1. The van der Waals surface area contributed by atoms with E-state index in [1.165, 1.54) is 6.07 Å². The van der Waals surface area contributed by atoms with Crippen LogP contribution in [0.4, 0.5) is 5.95 Å². The van der Waals surface area contributed by atoms with Crippen molar-refractivity contribution in [1.82, 2.24) is 9.97 Å². The molecule has 3 aromatic rings. The molecule has 6 heteroatoms. The molecule has 6 nitrogen and oxygen atoms in total. The number of hydrogen-bond acceptors (Lipinski definition) is 5. The highest BCUT2D eigenvalue weighted by Crippen LogP contribution is 2.22. The molecule has 0 unspecified atom stereocenters. The van der Waals surface area contributed by atoms with Gasteiger partial charge in [-0.3, -0.25) is 9.78 Å². The van der Waals surface area contributed by atoms with Crippen molar-refractivity contribution in [2.24, 2.45) is 5.10 Å². The maximum absolute atomic E-state index is 11.5. The van der Waals surface area contributed by atoms with Crippen LogP contribution in [0, 0.1) is 6.92 Å². The molecule has 0 spiro atoms. The highest BCUT2D eigenvalue weighted by molar-refractivity contribution is 6.03. The molecule has 0 aliphatic carbocycles. The standard InChI is InChI=1S/C19H20N4O2/c1-4-17(22-23-19-20-12(2)9-18(24)21-19)15-6-5-14-11-16(25-3)8-7-13(14)10-15/h5-11H,4H2,1-3H3,(H2,20,21,23,24)/b22-17-. The Bertz CT molecular complexity index is 992. The van der Waals surface area contributed by atoms with Crippen LogP contribution in [0.1, 0.15) is 24.6 Å². The molecule has 1 aromatic heterocycles. The van der Waals surface area contributed by atoms with Crippen LogP contribution in [-0.4, -0.2) is 22.8 Å². The van der Waals surface area contributed by atoms with Crippen LogP contribution in [0.3, 0.4) is 0 Å². The van der Waals surface area contributed by atoms with E-state index in [1.54, 1.807) is 14.0 Å². The van der Waals surface area contributed by atoms with Crippen molar-refractivity contribution in [3.63, 3.8) is 0 Å². The number of H-pyrrole nitrogens is 1. The third-order valence-corrected chi connectivity index (χ3v) is 3.88. The zero-order valence-corrected chi connectivity index (χ0v) is 14.5. The first kappa shape index (κ1) is 16.7. The first-order valence-electron chi connectivity index (χ1n) is 8.08. The number of aryl methyl sites for hydroxylation is 1. The van der Waals surface area contributed by atoms with Gasteiger partial charge in [0.15, 0.2) is 0 Å². The summed E-state index contributed by atoms with van der Waals surface area (Å²) in [7, 11) is 1.66. The molecule has 0 saturated carbocycles. The van der Waals surface area contributed by atoms with Crippen molar-refractivity contribution in [3.05, 3.63) is 64.1 Å². The van der Waals surface area contributed by atoms with E-state index in [-0.39, 0.29) is 5.56 Å². The van der Waals surface area contributed by atoms with Gasteiger partial charge in [-0.1, -0.05) is 25.1 Å². The lowest BCUT2D eigenvalue weighted by atomic mass is 10.0. The monoisotopic (exact) mass is 336 g/mol. The zero-order chi connectivity index (χ0) is 17.8. The van der Waals surface area contributed by atoms with E-state index in [1.807, 2.05) is 37.3 Å². The average Bonchev–Trinajstić information content (AvgIpc) is 2.61. The van der Waals surface area contributed by atoms with Gasteiger partial charge in [0, 0.05) is 11.8 Å². The van der Waals surface area contributed by atoms with Gasteiger partial charge in [0.1, 0.15) is 5.75 Å². The Labute approximate surface area is 145 Å². The van der Waals surface area contributed by atoms with E-state index in [9.17, 15) is 4.79 Å². The topological polar surface area (TPSA) is 79.4 Å². The number of anilines is 1. The number of ether oxygens (including phenoxy) is 1. The quantitative estimate of drug-likeness (QED) is 0.552. The highest BCUT2D eigenvalue weighted by atomic mass is 16.5. The third-order valence-electron chi connectivity index (χ3n) is 3.88. The summed E-state index contributed by atoms with van der Waals surface area (Å²) in [4.78, 5) is 18.3. The van der Waals surface area contributed by atoms with Crippen molar-refractivity contribution in [1.29, 1.82) is 0 Å². The van der Waals surface area contributed by atoms with Crippen LogP contribution in [0.25, 0.3) is 10.8 Å². The Morgan fingerprint density at radius 3 is 2.68 bits per heavy atom. The summed E-state index contributed by atoms with van der Waals surface area (Å²) in [5.41, 5.74) is 5.17. The molecule has 0 radical (unpaired) electrons. The molecule has 2 N–H and O–H groups in total. The van der Waals surface area contributed by atoms with Gasteiger partial charge in [-0.05, 0) is 47.9 Å². The van der Waals surface area contributed by atoms with Crippen molar-refractivity contribution in [2.45, 2.75) is 20.3 Å². The molecule has 1 heterocycles. The smallest absolute Gasteiger partial charge is 0.252 e. The van der Waals surface area contributed by atoms with Crippen molar-refractivity contribution >= 4 is 22.4 Å². The van der Waals surface area contributed by atoms with Gasteiger partial charge in [0.25, 0.3) is 5.56 Å². The Hall–Kier alpha value is -3.15. The number of nitrogens with one attached hydrogen (secondary N) is 2. The largest absolute Gasteiger partial charge is 0.497 e. The van der Waals surface area contributed by atoms with Crippen molar-refractivity contribution in [2.75, 3.05) is 12.5 Å². The van der Waals surface area contributed by atoms with Crippen LogP contribution in [-0.2, 0) is 0 Å². The molecule has 0 aliphatic heterocycles.